The van der Waals surface area contributed by atoms with Crippen LogP contribution in [0.1, 0.15) is 23.2 Å². The largest absolute Gasteiger partial charge is 0.490 e. The number of carbonyl (C=O) groups is 2. The number of ether oxygens (including phenoxy) is 2. The first-order valence-corrected chi connectivity index (χ1v) is 8.96. The highest BCUT2D eigenvalue weighted by atomic mass is 16.5. The van der Waals surface area contributed by atoms with Gasteiger partial charge in [-0.25, -0.2) is 0 Å². The summed E-state index contributed by atoms with van der Waals surface area (Å²) in [5.41, 5.74) is 0.555. The molecule has 0 atom stereocenters. The Kier molecular flexibility index (Phi) is 7.90. The van der Waals surface area contributed by atoms with E-state index in [1.54, 1.807) is 40.1 Å². The van der Waals surface area contributed by atoms with Gasteiger partial charge in [-0.2, -0.15) is 0 Å². The Labute approximate surface area is 160 Å². The number of methoxy groups -OCH3 is 1. The highest BCUT2D eigenvalue weighted by Crippen LogP contribution is 2.20. The Morgan fingerprint density at radius 3 is 2.56 bits per heavy atom. The van der Waals surface area contributed by atoms with Gasteiger partial charge in [0.25, 0.3) is 5.91 Å². The summed E-state index contributed by atoms with van der Waals surface area (Å²) in [7, 11) is 1.52. The number of hydrogen-bond donors (Lipinski definition) is 0. The van der Waals surface area contributed by atoms with Gasteiger partial charge in [0.05, 0.1) is 6.54 Å². The molecule has 1 aromatic rings. The van der Waals surface area contributed by atoms with Crippen LogP contribution >= 0.6 is 0 Å². The van der Waals surface area contributed by atoms with Gasteiger partial charge in [-0.3, -0.25) is 9.59 Å². The number of amides is 2. The van der Waals surface area contributed by atoms with Crippen molar-refractivity contribution in [2.24, 2.45) is 0 Å². The van der Waals surface area contributed by atoms with Gasteiger partial charge >= 0.3 is 0 Å². The smallest absolute Gasteiger partial charge is 0.254 e. The second-order valence-corrected chi connectivity index (χ2v) is 6.33. The molecule has 0 bridgehead atoms. The summed E-state index contributed by atoms with van der Waals surface area (Å²) in [4.78, 5) is 27.6. The number of benzene rings is 1. The maximum atomic E-state index is 12.5. The van der Waals surface area contributed by atoms with E-state index in [1.165, 1.54) is 7.11 Å². The van der Waals surface area contributed by atoms with Crippen molar-refractivity contribution in [1.82, 2.24) is 9.80 Å². The first-order valence-electron chi connectivity index (χ1n) is 8.96. The predicted octanol–water partition coefficient (Wildman–Crippen LogP) is 1.96. The number of terminal acetylenes is 1. The van der Waals surface area contributed by atoms with E-state index in [0.29, 0.717) is 30.9 Å². The highest BCUT2D eigenvalue weighted by molar-refractivity contribution is 5.94. The number of piperidine rings is 1. The van der Waals surface area contributed by atoms with Crippen molar-refractivity contribution in [1.29, 1.82) is 0 Å². The number of nitrogens with zero attached hydrogens (tertiary/aromatic N) is 2. The first kappa shape index (κ1) is 20.5. The van der Waals surface area contributed by atoms with Gasteiger partial charge in [-0.1, -0.05) is 12.0 Å². The number of hydrogen-bond acceptors (Lipinski definition) is 4. The Bertz CT molecular complexity index is 685. The molecule has 1 saturated heterocycles. The summed E-state index contributed by atoms with van der Waals surface area (Å²) in [5, 5.41) is 0. The molecule has 2 rings (SSSR count). The fourth-order valence-electron chi connectivity index (χ4n) is 2.97. The van der Waals surface area contributed by atoms with E-state index in [0.717, 1.165) is 12.8 Å². The van der Waals surface area contributed by atoms with E-state index in [9.17, 15) is 9.59 Å². The molecule has 0 aliphatic carbocycles. The molecule has 2 amide bonds. The molecule has 0 radical (unpaired) electrons. The van der Waals surface area contributed by atoms with Crippen LogP contribution in [0, 0.1) is 12.3 Å². The van der Waals surface area contributed by atoms with Crippen LogP contribution in [0.3, 0.4) is 0 Å². The predicted molar refractivity (Wildman–Crippen MR) is 103 cm³/mol. The molecule has 6 heteroatoms. The highest BCUT2D eigenvalue weighted by Gasteiger charge is 2.23. The average molecular weight is 370 g/mol. The first-order chi connectivity index (χ1) is 13.1. The normalized spacial score (nSPS) is 14.3. The zero-order chi connectivity index (χ0) is 19.6. The van der Waals surface area contributed by atoms with E-state index >= 15 is 0 Å². The lowest BCUT2D eigenvalue weighted by atomic mass is 10.1. The molecule has 1 heterocycles. The van der Waals surface area contributed by atoms with Gasteiger partial charge in [0, 0.05) is 45.1 Å². The van der Waals surface area contributed by atoms with Crippen LogP contribution < -0.4 is 4.74 Å². The summed E-state index contributed by atoms with van der Waals surface area (Å²) in [5.74, 6) is 3.07. The van der Waals surface area contributed by atoms with Crippen molar-refractivity contribution in [3.8, 4) is 18.1 Å². The molecule has 1 aliphatic rings. The molecule has 0 aromatic heterocycles. The maximum Gasteiger partial charge on any atom is 0.254 e. The molecular formula is C21H26N2O4. The number of rotatable bonds is 8. The van der Waals surface area contributed by atoms with Crippen molar-refractivity contribution < 1.29 is 19.1 Å². The molecule has 1 aliphatic heterocycles. The second-order valence-electron chi connectivity index (χ2n) is 6.33. The number of likely N-dealkylation sites (tertiary alicyclic amines) is 1. The molecule has 1 aromatic carbocycles. The lowest BCUT2D eigenvalue weighted by Crippen LogP contribution is -2.43. The van der Waals surface area contributed by atoms with Gasteiger partial charge in [0.1, 0.15) is 18.5 Å². The fraction of sp³-hybridized carbons (Fsp3) is 0.429. The van der Waals surface area contributed by atoms with Crippen LogP contribution in [-0.4, -0.2) is 67.6 Å². The summed E-state index contributed by atoms with van der Waals surface area (Å²) in [6.07, 6.45) is 8.56. The van der Waals surface area contributed by atoms with Crippen LogP contribution in [0.2, 0.25) is 0 Å². The third kappa shape index (κ3) is 5.87. The van der Waals surface area contributed by atoms with Crippen molar-refractivity contribution in [3.63, 3.8) is 0 Å². The van der Waals surface area contributed by atoms with Crippen LogP contribution in [0.15, 0.2) is 36.9 Å². The molecule has 6 nitrogen and oxygen atoms in total. The average Bonchev–Trinajstić information content (AvgIpc) is 2.68. The Hall–Kier alpha value is -2.78. The van der Waals surface area contributed by atoms with Gasteiger partial charge in [-0.05, 0) is 24.3 Å². The number of carbonyl (C=O) groups excluding carboxylic acids is 2. The van der Waals surface area contributed by atoms with Gasteiger partial charge in [0.2, 0.25) is 5.91 Å². The van der Waals surface area contributed by atoms with Gasteiger partial charge < -0.3 is 19.3 Å². The van der Waals surface area contributed by atoms with Gasteiger partial charge in [-0.15, -0.1) is 13.0 Å². The van der Waals surface area contributed by atoms with Crippen molar-refractivity contribution >= 4 is 11.8 Å². The van der Waals surface area contributed by atoms with Gasteiger partial charge in [0.15, 0.2) is 0 Å². The van der Waals surface area contributed by atoms with Crippen LogP contribution in [0.4, 0.5) is 0 Å². The fourth-order valence-corrected chi connectivity index (χ4v) is 2.97. The lowest BCUT2D eigenvalue weighted by Gasteiger charge is -2.32. The molecule has 1 fully saturated rings. The molecule has 144 valence electrons. The van der Waals surface area contributed by atoms with E-state index in [1.807, 2.05) is 0 Å². The van der Waals surface area contributed by atoms with E-state index in [2.05, 4.69) is 12.5 Å². The minimum atomic E-state index is -0.135. The monoisotopic (exact) mass is 370 g/mol. The van der Waals surface area contributed by atoms with E-state index < -0.39 is 0 Å². The third-order valence-corrected chi connectivity index (χ3v) is 4.39. The molecular weight excluding hydrogens is 344 g/mol. The molecule has 27 heavy (non-hydrogen) atoms. The summed E-state index contributed by atoms with van der Waals surface area (Å²) < 4.78 is 10.9. The van der Waals surface area contributed by atoms with Crippen molar-refractivity contribution in [2.45, 2.75) is 18.9 Å². The maximum absolute atomic E-state index is 12.5. The Morgan fingerprint density at radius 1 is 1.33 bits per heavy atom. The Morgan fingerprint density at radius 2 is 2.00 bits per heavy atom. The van der Waals surface area contributed by atoms with Crippen molar-refractivity contribution in [3.05, 3.63) is 42.5 Å². The SMILES string of the molecule is C#CCN(CC=C)C(=O)c1ccc(OC2CCN(C(=O)COC)CC2)cc1. The van der Waals surface area contributed by atoms with Crippen molar-refractivity contribution in [2.75, 3.05) is 39.9 Å². The molecule has 0 unspecified atom stereocenters. The minimum absolute atomic E-state index is 0.00913. The molecule has 0 spiro atoms. The summed E-state index contributed by atoms with van der Waals surface area (Å²) in [6, 6.07) is 7.05. The summed E-state index contributed by atoms with van der Waals surface area (Å²) >= 11 is 0. The second kappa shape index (κ2) is 10.4. The minimum Gasteiger partial charge on any atom is -0.490 e. The zero-order valence-corrected chi connectivity index (χ0v) is 15.7. The lowest BCUT2D eigenvalue weighted by molar-refractivity contribution is -0.136. The van der Waals surface area contributed by atoms with E-state index in [-0.39, 0.29) is 31.1 Å². The van der Waals surface area contributed by atoms with E-state index in [4.69, 9.17) is 15.9 Å². The summed E-state index contributed by atoms with van der Waals surface area (Å²) in [6.45, 7) is 5.73. The molecule has 0 saturated carbocycles. The zero-order valence-electron chi connectivity index (χ0n) is 15.7. The van der Waals surface area contributed by atoms with Crippen LogP contribution in [0.25, 0.3) is 0 Å². The Balaban J connectivity index is 1.89. The van der Waals surface area contributed by atoms with Crippen LogP contribution in [-0.2, 0) is 9.53 Å². The van der Waals surface area contributed by atoms with Crippen LogP contribution in [0.5, 0.6) is 5.75 Å². The quantitative estimate of drug-likeness (QED) is 0.519. The third-order valence-electron chi connectivity index (χ3n) is 4.39. The standard InChI is InChI=1S/C21H26N2O4/c1-4-12-23(13-5-2)21(25)17-6-8-18(9-7-17)27-19-10-14-22(15-11-19)20(24)16-26-3/h1,5-9,19H,2,10-16H2,3H3. The molecule has 0 N–H and O–H groups in total. The topological polar surface area (TPSA) is 59.1 Å².